The highest BCUT2D eigenvalue weighted by Gasteiger charge is 2.11. The molecule has 1 unspecified atom stereocenters. The molecule has 0 aliphatic carbocycles. The van der Waals surface area contributed by atoms with Crippen LogP contribution in [0.5, 0.6) is 17.4 Å². The predicted molar refractivity (Wildman–Crippen MR) is 94.2 cm³/mol. The van der Waals surface area contributed by atoms with Crippen molar-refractivity contribution in [1.29, 1.82) is 0 Å². The summed E-state index contributed by atoms with van der Waals surface area (Å²) >= 11 is 11.3. The van der Waals surface area contributed by atoms with E-state index in [4.69, 9.17) is 32.7 Å². The quantitative estimate of drug-likeness (QED) is 0.585. The first-order valence-corrected chi connectivity index (χ1v) is 7.97. The summed E-state index contributed by atoms with van der Waals surface area (Å²) in [6.07, 6.45) is -0.701. The molecule has 0 spiro atoms. The van der Waals surface area contributed by atoms with E-state index in [0.717, 1.165) is 10.9 Å². The van der Waals surface area contributed by atoms with Crippen LogP contribution in [0.25, 0.3) is 10.9 Å². The SMILES string of the molecule is CC(Oc1ccc(Oc2ccc3cc(Cl)ccc3n2)cc1)C(=O)Cl. The van der Waals surface area contributed by atoms with Crippen molar-refractivity contribution >= 4 is 39.3 Å². The Balaban J connectivity index is 1.74. The molecule has 2 aromatic carbocycles. The number of hydrogen-bond acceptors (Lipinski definition) is 4. The fraction of sp³-hybridized carbons (Fsp3) is 0.111. The molecule has 0 aliphatic rings. The Kier molecular flexibility index (Phi) is 4.88. The lowest BCUT2D eigenvalue weighted by molar-refractivity contribution is -0.117. The maximum Gasteiger partial charge on any atom is 0.262 e. The van der Waals surface area contributed by atoms with E-state index < -0.39 is 11.3 Å². The van der Waals surface area contributed by atoms with Crippen molar-refractivity contribution in [3.8, 4) is 17.4 Å². The molecule has 0 fully saturated rings. The Morgan fingerprint density at radius 3 is 2.46 bits per heavy atom. The number of carbonyl (C=O) groups excluding carboxylic acids is 1. The van der Waals surface area contributed by atoms with Gasteiger partial charge < -0.3 is 9.47 Å². The van der Waals surface area contributed by atoms with Crippen molar-refractivity contribution in [2.75, 3.05) is 0 Å². The third kappa shape index (κ3) is 3.96. The number of benzene rings is 2. The fourth-order valence-corrected chi connectivity index (χ4v) is 2.32. The van der Waals surface area contributed by atoms with Gasteiger partial charge in [0.25, 0.3) is 5.24 Å². The Bertz CT molecular complexity index is 881. The first-order valence-electron chi connectivity index (χ1n) is 7.21. The number of carbonyl (C=O) groups is 1. The number of ether oxygens (including phenoxy) is 2. The topological polar surface area (TPSA) is 48.4 Å². The first kappa shape index (κ1) is 16.6. The standard InChI is InChI=1S/C18H13Cl2NO3/c1-11(18(20)22)23-14-4-6-15(7-5-14)24-17-9-2-12-10-13(19)3-8-16(12)21-17/h2-11H,1H3. The van der Waals surface area contributed by atoms with Crippen LogP contribution >= 0.6 is 23.2 Å². The molecule has 6 heteroatoms. The molecular weight excluding hydrogens is 349 g/mol. The number of nitrogens with zero attached hydrogens (tertiary/aromatic N) is 1. The molecule has 4 nitrogen and oxygen atoms in total. The lowest BCUT2D eigenvalue weighted by Gasteiger charge is -2.11. The second-order valence-electron chi connectivity index (χ2n) is 5.12. The maximum atomic E-state index is 11.0. The normalized spacial score (nSPS) is 12.0. The first-order chi connectivity index (χ1) is 11.5. The number of aromatic nitrogens is 1. The summed E-state index contributed by atoms with van der Waals surface area (Å²) in [5.41, 5.74) is 0.798. The monoisotopic (exact) mass is 361 g/mol. The van der Waals surface area contributed by atoms with Crippen molar-refractivity contribution in [3.05, 3.63) is 59.6 Å². The smallest absolute Gasteiger partial charge is 0.262 e. The summed E-state index contributed by atoms with van der Waals surface area (Å²) in [6, 6.07) is 16.0. The minimum atomic E-state index is -0.701. The number of hydrogen-bond donors (Lipinski definition) is 0. The largest absolute Gasteiger partial charge is 0.482 e. The number of pyridine rings is 1. The van der Waals surface area contributed by atoms with Gasteiger partial charge in [0.05, 0.1) is 5.52 Å². The van der Waals surface area contributed by atoms with E-state index in [1.54, 1.807) is 43.3 Å². The highest BCUT2D eigenvalue weighted by Crippen LogP contribution is 2.26. The molecule has 0 bridgehead atoms. The average Bonchev–Trinajstić information content (AvgIpc) is 2.56. The van der Waals surface area contributed by atoms with Gasteiger partial charge in [0.2, 0.25) is 5.88 Å². The minimum Gasteiger partial charge on any atom is -0.482 e. The summed E-state index contributed by atoms with van der Waals surface area (Å²) in [5.74, 6) is 1.61. The van der Waals surface area contributed by atoms with Crippen molar-refractivity contribution < 1.29 is 14.3 Å². The Morgan fingerprint density at radius 2 is 1.75 bits per heavy atom. The van der Waals surface area contributed by atoms with E-state index in [-0.39, 0.29) is 0 Å². The van der Waals surface area contributed by atoms with Gasteiger partial charge in [0.15, 0.2) is 6.10 Å². The van der Waals surface area contributed by atoms with Crippen molar-refractivity contribution in [3.63, 3.8) is 0 Å². The average molecular weight is 362 g/mol. The van der Waals surface area contributed by atoms with Crippen LogP contribution in [-0.4, -0.2) is 16.3 Å². The van der Waals surface area contributed by atoms with Gasteiger partial charge in [-0.2, -0.15) is 0 Å². The van der Waals surface area contributed by atoms with E-state index in [1.165, 1.54) is 0 Å². The molecule has 3 aromatic rings. The van der Waals surface area contributed by atoms with Gasteiger partial charge in [-0.05, 0) is 67.1 Å². The lowest BCUT2D eigenvalue weighted by Crippen LogP contribution is -2.18. The molecule has 1 atom stereocenters. The summed E-state index contributed by atoms with van der Waals surface area (Å²) in [4.78, 5) is 15.4. The van der Waals surface area contributed by atoms with E-state index in [1.807, 2.05) is 18.2 Å². The minimum absolute atomic E-state index is 0.475. The van der Waals surface area contributed by atoms with Crippen molar-refractivity contribution in [1.82, 2.24) is 4.98 Å². The third-order valence-electron chi connectivity index (χ3n) is 3.30. The molecule has 3 rings (SSSR count). The van der Waals surface area contributed by atoms with Gasteiger partial charge >= 0.3 is 0 Å². The lowest BCUT2D eigenvalue weighted by atomic mass is 10.2. The van der Waals surface area contributed by atoms with E-state index in [9.17, 15) is 4.79 Å². The molecule has 122 valence electrons. The van der Waals surface area contributed by atoms with Crippen LogP contribution in [0.3, 0.4) is 0 Å². The van der Waals surface area contributed by atoms with E-state index in [2.05, 4.69) is 4.98 Å². The highest BCUT2D eigenvalue weighted by molar-refractivity contribution is 6.64. The fourth-order valence-electron chi connectivity index (χ4n) is 2.09. The summed E-state index contributed by atoms with van der Waals surface area (Å²) in [7, 11) is 0. The molecule has 0 aliphatic heterocycles. The van der Waals surface area contributed by atoms with Crippen LogP contribution in [0, 0.1) is 0 Å². The molecule has 0 radical (unpaired) electrons. The van der Waals surface area contributed by atoms with Gasteiger partial charge in [-0.1, -0.05) is 11.6 Å². The predicted octanol–water partition coefficient (Wildman–Crippen LogP) is 5.21. The second-order valence-corrected chi connectivity index (χ2v) is 5.93. The molecule has 0 saturated carbocycles. The molecule has 1 aromatic heterocycles. The van der Waals surface area contributed by atoms with Crippen LogP contribution in [0.4, 0.5) is 0 Å². The molecule has 24 heavy (non-hydrogen) atoms. The molecule has 1 heterocycles. The van der Waals surface area contributed by atoms with Gasteiger partial charge in [-0.25, -0.2) is 4.98 Å². The van der Waals surface area contributed by atoms with E-state index in [0.29, 0.717) is 22.4 Å². The molecule has 0 N–H and O–H groups in total. The van der Waals surface area contributed by atoms with Gasteiger partial charge in [-0.3, -0.25) is 4.79 Å². The molecule has 0 amide bonds. The zero-order valence-electron chi connectivity index (χ0n) is 12.7. The Labute approximate surface area is 148 Å². The second kappa shape index (κ2) is 7.07. The Morgan fingerprint density at radius 1 is 1.04 bits per heavy atom. The van der Waals surface area contributed by atoms with Crippen molar-refractivity contribution in [2.45, 2.75) is 13.0 Å². The molecule has 0 saturated heterocycles. The Hall–Kier alpha value is -2.30. The summed E-state index contributed by atoms with van der Waals surface area (Å²) in [5, 5.41) is 1.06. The van der Waals surface area contributed by atoms with Crippen LogP contribution in [0.1, 0.15) is 6.92 Å². The highest BCUT2D eigenvalue weighted by atomic mass is 35.5. The van der Waals surface area contributed by atoms with Gasteiger partial charge in [0.1, 0.15) is 11.5 Å². The van der Waals surface area contributed by atoms with Crippen LogP contribution in [-0.2, 0) is 4.79 Å². The van der Waals surface area contributed by atoms with Crippen LogP contribution in [0.15, 0.2) is 54.6 Å². The zero-order chi connectivity index (χ0) is 17.1. The zero-order valence-corrected chi connectivity index (χ0v) is 14.2. The molecular formula is C18H13Cl2NO3. The van der Waals surface area contributed by atoms with Crippen LogP contribution in [0.2, 0.25) is 5.02 Å². The summed E-state index contributed by atoms with van der Waals surface area (Å²) < 4.78 is 11.1. The van der Waals surface area contributed by atoms with Gasteiger partial charge in [-0.15, -0.1) is 0 Å². The number of rotatable bonds is 5. The maximum absolute atomic E-state index is 11.0. The number of fused-ring (bicyclic) bond motifs is 1. The number of halogens is 2. The third-order valence-corrected chi connectivity index (χ3v) is 3.85. The van der Waals surface area contributed by atoms with Gasteiger partial charge in [0, 0.05) is 16.5 Å². The van der Waals surface area contributed by atoms with Crippen LogP contribution < -0.4 is 9.47 Å². The van der Waals surface area contributed by atoms with E-state index >= 15 is 0 Å². The summed E-state index contributed by atoms with van der Waals surface area (Å²) in [6.45, 7) is 1.59. The van der Waals surface area contributed by atoms with Crippen molar-refractivity contribution in [2.24, 2.45) is 0 Å².